The second-order valence-corrected chi connectivity index (χ2v) is 5.01. The van der Waals surface area contributed by atoms with Crippen LogP contribution in [-0.2, 0) is 0 Å². The van der Waals surface area contributed by atoms with Crippen molar-refractivity contribution in [1.82, 2.24) is 15.3 Å². The quantitative estimate of drug-likeness (QED) is 0.706. The summed E-state index contributed by atoms with van der Waals surface area (Å²) in [5, 5.41) is 3.51. The number of fused-ring (bicyclic) bond motifs is 1. The van der Waals surface area contributed by atoms with Crippen molar-refractivity contribution in [3.8, 4) is 0 Å². The average Bonchev–Trinajstić information content (AvgIpc) is 2.44. The van der Waals surface area contributed by atoms with Crippen LogP contribution in [0.25, 0.3) is 11.0 Å². The zero-order valence-corrected chi connectivity index (χ0v) is 12.0. The maximum Gasteiger partial charge on any atom is 0.314 e. The molecule has 1 heterocycles. The number of H-pyrrole nitrogens is 2. The van der Waals surface area contributed by atoms with E-state index in [0.717, 1.165) is 31.4 Å². The van der Waals surface area contributed by atoms with Gasteiger partial charge in [0.2, 0.25) is 0 Å². The third-order valence-corrected chi connectivity index (χ3v) is 3.37. The first kappa shape index (κ1) is 14.5. The van der Waals surface area contributed by atoms with Crippen molar-refractivity contribution in [2.24, 2.45) is 0 Å². The van der Waals surface area contributed by atoms with Crippen LogP contribution in [0, 0.1) is 0 Å². The minimum atomic E-state index is -0.612. The highest BCUT2D eigenvalue weighted by atomic mass is 16.2. The van der Waals surface area contributed by atoms with Gasteiger partial charge < -0.3 is 15.3 Å². The number of aromatic nitrogens is 2. The van der Waals surface area contributed by atoms with E-state index in [1.165, 1.54) is 0 Å². The summed E-state index contributed by atoms with van der Waals surface area (Å²) in [5.41, 5.74) is 1.24. The Morgan fingerprint density at radius 3 is 2.40 bits per heavy atom. The highest BCUT2D eigenvalue weighted by Crippen LogP contribution is 2.21. The van der Waals surface area contributed by atoms with Crippen molar-refractivity contribution in [3.05, 3.63) is 44.5 Å². The molecule has 0 aliphatic heterocycles. The van der Waals surface area contributed by atoms with E-state index in [4.69, 9.17) is 0 Å². The van der Waals surface area contributed by atoms with Crippen molar-refractivity contribution in [2.75, 3.05) is 6.54 Å². The van der Waals surface area contributed by atoms with Gasteiger partial charge in [-0.2, -0.15) is 0 Å². The number of hydrogen-bond acceptors (Lipinski definition) is 3. The molecule has 0 saturated heterocycles. The smallest absolute Gasteiger partial charge is 0.314 e. The molecule has 0 fully saturated rings. The molecule has 0 aliphatic carbocycles. The Hall–Kier alpha value is -1.88. The lowest BCUT2D eigenvalue weighted by molar-refractivity contribution is 0.494. The predicted molar refractivity (Wildman–Crippen MR) is 81.1 cm³/mol. The Bertz CT molecular complexity index is 687. The van der Waals surface area contributed by atoms with Gasteiger partial charge in [0, 0.05) is 6.04 Å². The SMILES string of the molecule is CCCNC(CCC)c1ccc2[nH]c(=O)c(=O)[nH]c2c1. The van der Waals surface area contributed by atoms with E-state index in [9.17, 15) is 9.59 Å². The molecule has 0 radical (unpaired) electrons. The molecule has 0 aliphatic rings. The van der Waals surface area contributed by atoms with Gasteiger partial charge in [-0.1, -0.05) is 26.3 Å². The van der Waals surface area contributed by atoms with Crippen LogP contribution >= 0.6 is 0 Å². The fraction of sp³-hybridized carbons (Fsp3) is 0.467. The van der Waals surface area contributed by atoms with Crippen molar-refractivity contribution in [1.29, 1.82) is 0 Å². The summed E-state index contributed by atoms with van der Waals surface area (Å²) >= 11 is 0. The third-order valence-electron chi connectivity index (χ3n) is 3.37. The second kappa shape index (κ2) is 6.52. The van der Waals surface area contributed by atoms with Crippen LogP contribution in [-0.4, -0.2) is 16.5 Å². The first-order valence-corrected chi connectivity index (χ1v) is 7.15. The maximum absolute atomic E-state index is 11.4. The second-order valence-electron chi connectivity index (χ2n) is 5.01. The predicted octanol–water partition coefficient (Wildman–Crippen LogP) is 2.06. The fourth-order valence-electron chi connectivity index (χ4n) is 2.34. The van der Waals surface area contributed by atoms with Gasteiger partial charge in [0.1, 0.15) is 0 Å². The monoisotopic (exact) mass is 275 g/mol. The largest absolute Gasteiger partial charge is 0.316 e. The minimum absolute atomic E-state index is 0.278. The van der Waals surface area contributed by atoms with Gasteiger partial charge in [0.25, 0.3) is 0 Å². The van der Waals surface area contributed by atoms with E-state index in [0.29, 0.717) is 11.0 Å². The summed E-state index contributed by atoms with van der Waals surface area (Å²) < 4.78 is 0. The van der Waals surface area contributed by atoms with Crippen LogP contribution in [0.2, 0.25) is 0 Å². The molecular weight excluding hydrogens is 254 g/mol. The van der Waals surface area contributed by atoms with E-state index in [1.807, 2.05) is 18.2 Å². The van der Waals surface area contributed by atoms with Gasteiger partial charge in [-0.3, -0.25) is 9.59 Å². The van der Waals surface area contributed by atoms with Crippen molar-refractivity contribution >= 4 is 11.0 Å². The van der Waals surface area contributed by atoms with Gasteiger partial charge in [0.05, 0.1) is 11.0 Å². The van der Waals surface area contributed by atoms with E-state index in [1.54, 1.807) is 0 Å². The Morgan fingerprint density at radius 2 is 1.75 bits per heavy atom. The first-order valence-electron chi connectivity index (χ1n) is 7.15. The normalized spacial score (nSPS) is 12.7. The molecule has 5 nitrogen and oxygen atoms in total. The Labute approximate surface area is 117 Å². The van der Waals surface area contributed by atoms with Crippen LogP contribution in [0.15, 0.2) is 27.8 Å². The molecule has 2 aromatic rings. The number of nitrogens with one attached hydrogen (secondary N) is 3. The lowest BCUT2D eigenvalue weighted by Gasteiger charge is -2.18. The van der Waals surface area contributed by atoms with Crippen molar-refractivity contribution in [2.45, 2.75) is 39.2 Å². The Balaban J connectivity index is 2.40. The lowest BCUT2D eigenvalue weighted by atomic mass is 10.0. The van der Waals surface area contributed by atoms with Gasteiger partial charge in [-0.05, 0) is 37.1 Å². The third kappa shape index (κ3) is 3.17. The zero-order chi connectivity index (χ0) is 14.5. The molecule has 1 atom stereocenters. The maximum atomic E-state index is 11.4. The molecule has 0 saturated carbocycles. The van der Waals surface area contributed by atoms with Crippen LogP contribution in [0.5, 0.6) is 0 Å². The molecule has 20 heavy (non-hydrogen) atoms. The van der Waals surface area contributed by atoms with E-state index >= 15 is 0 Å². The lowest BCUT2D eigenvalue weighted by Crippen LogP contribution is -2.29. The van der Waals surface area contributed by atoms with Crippen LogP contribution in [0.1, 0.15) is 44.7 Å². The molecule has 1 unspecified atom stereocenters. The van der Waals surface area contributed by atoms with Crippen LogP contribution in [0.4, 0.5) is 0 Å². The van der Waals surface area contributed by atoms with Crippen molar-refractivity contribution < 1.29 is 0 Å². The summed E-state index contributed by atoms with van der Waals surface area (Å²) in [6.07, 6.45) is 3.21. The summed E-state index contributed by atoms with van der Waals surface area (Å²) in [7, 11) is 0. The summed E-state index contributed by atoms with van der Waals surface area (Å²) in [4.78, 5) is 27.9. The topological polar surface area (TPSA) is 77.8 Å². The number of rotatable bonds is 6. The molecular formula is C15H21N3O2. The molecule has 1 aromatic heterocycles. The standard InChI is InChI=1S/C15H21N3O2/c1-3-5-11(16-8-4-2)10-6-7-12-13(9-10)18-15(20)14(19)17-12/h6-7,9,11,16H,3-5,8H2,1-2H3,(H,17,19)(H,18,20). The van der Waals surface area contributed by atoms with E-state index in [2.05, 4.69) is 29.1 Å². The fourth-order valence-corrected chi connectivity index (χ4v) is 2.34. The number of benzene rings is 1. The molecule has 0 bridgehead atoms. The Kier molecular flexibility index (Phi) is 4.74. The van der Waals surface area contributed by atoms with E-state index in [-0.39, 0.29) is 6.04 Å². The number of aromatic amines is 2. The average molecular weight is 275 g/mol. The zero-order valence-electron chi connectivity index (χ0n) is 12.0. The molecule has 0 spiro atoms. The minimum Gasteiger partial charge on any atom is -0.316 e. The Morgan fingerprint density at radius 1 is 1.05 bits per heavy atom. The highest BCUT2D eigenvalue weighted by Gasteiger charge is 2.10. The highest BCUT2D eigenvalue weighted by molar-refractivity contribution is 5.74. The van der Waals surface area contributed by atoms with Crippen LogP contribution in [0.3, 0.4) is 0 Å². The summed E-state index contributed by atoms with van der Waals surface area (Å²) in [6, 6.07) is 6.06. The van der Waals surface area contributed by atoms with Gasteiger partial charge in [0.15, 0.2) is 0 Å². The molecule has 2 rings (SSSR count). The molecule has 0 amide bonds. The molecule has 3 N–H and O–H groups in total. The summed E-state index contributed by atoms with van der Waals surface area (Å²) in [5.74, 6) is 0. The number of hydrogen-bond donors (Lipinski definition) is 3. The van der Waals surface area contributed by atoms with Gasteiger partial charge in [-0.15, -0.1) is 0 Å². The van der Waals surface area contributed by atoms with Crippen LogP contribution < -0.4 is 16.4 Å². The van der Waals surface area contributed by atoms with Gasteiger partial charge >= 0.3 is 11.1 Å². The van der Waals surface area contributed by atoms with Gasteiger partial charge in [-0.25, -0.2) is 0 Å². The molecule has 108 valence electrons. The van der Waals surface area contributed by atoms with Crippen molar-refractivity contribution in [3.63, 3.8) is 0 Å². The molecule has 1 aromatic carbocycles. The molecule has 5 heteroatoms. The summed E-state index contributed by atoms with van der Waals surface area (Å²) in [6.45, 7) is 5.25. The van der Waals surface area contributed by atoms with E-state index < -0.39 is 11.1 Å². The first-order chi connectivity index (χ1) is 9.65.